The highest BCUT2D eigenvalue weighted by molar-refractivity contribution is 5.16. The lowest BCUT2D eigenvalue weighted by Gasteiger charge is -2.20. The molecule has 2 heterocycles. The summed E-state index contributed by atoms with van der Waals surface area (Å²) in [7, 11) is 0. The predicted octanol–water partition coefficient (Wildman–Crippen LogP) is 3.00. The molecule has 1 atom stereocenters. The lowest BCUT2D eigenvalue weighted by Crippen LogP contribution is -2.25. The average Bonchev–Trinajstić information content (AvgIpc) is 2.65. The molecule has 0 spiro atoms. The molecule has 0 bridgehead atoms. The van der Waals surface area contributed by atoms with Crippen LogP contribution in [0.2, 0.25) is 0 Å². The van der Waals surface area contributed by atoms with Gasteiger partial charge in [0, 0.05) is 12.1 Å². The van der Waals surface area contributed by atoms with Crippen LogP contribution in [0.1, 0.15) is 44.4 Å². The normalized spacial score (nSPS) is 22.3. The molecule has 0 radical (unpaired) electrons. The molecule has 1 fully saturated rings. The molecule has 1 aliphatic heterocycles. The molecule has 1 aliphatic rings. The number of nitrogens with two attached hydrogens (primary N) is 1. The van der Waals surface area contributed by atoms with Gasteiger partial charge in [0.05, 0.1) is 12.8 Å². The Balaban J connectivity index is 1.91. The Bertz CT molecular complexity index is 359. The molecule has 3 heteroatoms. The largest absolute Gasteiger partial charge is 0.468 e. The molecular weight excluding hydrogens is 224 g/mol. The van der Waals surface area contributed by atoms with E-state index in [1.54, 1.807) is 6.26 Å². The number of rotatable bonds is 4. The van der Waals surface area contributed by atoms with Gasteiger partial charge in [-0.25, -0.2) is 0 Å². The van der Waals surface area contributed by atoms with Crippen LogP contribution in [-0.4, -0.2) is 18.0 Å². The molecule has 2 N–H and O–H groups in total. The summed E-state index contributed by atoms with van der Waals surface area (Å²) in [6.45, 7) is 8.57. The van der Waals surface area contributed by atoms with Crippen molar-refractivity contribution in [3.05, 3.63) is 23.7 Å². The van der Waals surface area contributed by atoms with Crippen molar-refractivity contribution in [1.82, 2.24) is 4.90 Å². The third kappa shape index (κ3) is 3.36. The van der Waals surface area contributed by atoms with Gasteiger partial charge in [-0.1, -0.05) is 13.8 Å². The Hall–Kier alpha value is -0.800. The minimum Gasteiger partial charge on any atom is -0.468 e. The lowest BCUT2D eigenvalue weighted by molar-refractivity contribution is 0.243. The van der Waals surface area contributed by atoms with E-state index in [1.165, 1.54) is 32.4 Å². The van der Waals surface area contributed by atoms with Crippen LogP contribution in [0.3, 0.4) is 0 Å². The number of likely N-dealkylation sites (tertiary alicyclic amines) is 1. The second-order valence-electron chi connectivity index (χ2n) is 5.78. The second-order valence-corrected chi connectivity index (χ2v) is 5.78. The van der Waals surface area contributed by atoms with Gasteiger partial charge >= 0.3 is 0 Å². The first-order valence-electron chi connectivity index (χ1n) is 7.18. The van der Waals surface area contributed by atoms with Crippen molar-refractivity contribution in [2.75, 3.05) is 13.1 Å². The van der Waals surface area contributed by atoms with Gasteiger partial charge in [-0.3, -0.25) is 4.90 Å². The Kier molecular flexibility index (Phi) is 4.84. The van der Waals surface area contributed by atoms with Crippen molar-refractivity contribution in [2.45, 2.75) is 46.2 Å². The molecule has 0 aliphatic carbocycles. The fraction of sp³-hybridized carbons (Fsp3) is 0.733. The first kappa shape index (κ1) is 13.6. The van der Waals surface area contributed by atoms with Crippen LogP contribution in [0.5, 0.6) is 0 Å². The Morgan fingerprint density at radius 3 is 2.94 bits per heavy atom. The average molecular weight is 250 g/mol. The Labute approximate surface area is 110 Å². The van der Waals surface area contributed by atoms with Gasteiger partial charge in [0.1, 0.15) is 5.76 Å². The molecule has 1 aromatic rings. The van der Waals surface area contributed by atoms with Crippen LogP contribution < -0.4 is 5.73 Å². The van der Waals surface area contributed by atoms with Gasteiger partial charge in [-0.05, 0) is 50.3 Å². The smallest absolute Gasteiger partial charge is 0.122 e. The molecule has 1 aromatic heterocycles. The molecule has 1 saturated heterocycles. The number of nitrogens with zero attached hydrogens (tertiary/aromatic N) is 1. The summed E-state index contributed by atoms with van der Waals surface area (Å²) < 4.78 is 5.55. The van der Waals surface area contributed by atoms with Gasteiger partial charge in [0.2, 0.25) is 0 Å². The van der Waals surface area contributed by atoms with E-state index in [4.69, 9.17) is 10.2 Å². The molecule has 18 heavy (non-hydrogen) atoms. The summed E-state index contributed by atoms with van der Waals surface area (Å²) in [4.78, 5) is 2.51. The van der Waals surface area contributed by atoms with Gasteiger partial charge in [-0.2, -0.15) is 0 Å². The first-order chi connectivity index (χ1) is 8.70. The van der Waals surface area contributed by atoms with E-state index in [2.05, 4.69) is 18.7 Å². The Morgan fingerprint density at radius 1 is 1.39 bits per heavy atom. The fourth-order valence-electron chi connectivity index (χ4n) is 2.90. The van der Waals surface area contributed by atoms with Crippen LogP contribution >= 0.6 is 0 Å². The highest BCUT2D eigenvalue weighted by Crippen LogP contribution is 2.25. The van der Waals surface area contributed by atoms with Crippen molar-refractivity contribution in [2.24, 2.45) is 17.6 Å². The highest BCUT2D eigenvalue weighted by Gasteiger charge is 2.20. The summed E-state index contributed by atoms with van der Waals surface area (Å²) in [6.07, 6.45) is 5.75. The second kappa shape index (κ2) is 6.39. The molecule has 2 rings (SSSR count). The molecule has 0 aromatic carbocycles. The van der Waals surface area contributed by atoms with E-state index < -0.39 is 0 Å². The van der Waals surface area contributed by atoms with E-state index in [-0.39, 0.29) is 0 Å². The van der Waals surface area contributed by atoms with Crippen LogP contribution in [0, 0.1) is 11.8 Å². The molecule has 1 unspecified atom stereocenters. The van der Waals surface area contributed by atoms with E-state index in [0.29, 0.717) is 6.54 Å². The van der Waals surface area contributed by atoms with Crippen molar-refractivity contribution in [1.29, 1.82) is 0 Å². The lowest BCUT2D eigenvalue weighted by atomic mass is 9.89. The zero-order chi connectivity index (χ0) is 13.0. The van der Waals surface area contributed by atoms with Crippen molar-refractivity contribution >= 4 is 0 Å². The SMILES string of the molecule is CC(C)C1CCCN(Cc2occc2CN)CC1. The molecule has 102 valence electrons. The molecule has 3 nitrogen and oxygen atoms in total. The van der Waals surface area contributed by atoms with Crippen LogP contribution in [0.25, 0.3) is 0 Å². The summed E-state index contributed by atoms with van der Waals surface area (Å²) in [5, 5.41) is 0. The van der Waals surface area contributed by atoms with E-state index in [0.717, 1.165) is 29.7 Å². The van der Waals surface area contributed by atoms with Crippen molar-refractivity contribution in [3.63, 3.8) is 0 Å². The summed E-state index contributed by atoms with van der Waals surface area (Å²) in [5.74, 6) is 2.76. The molecule has 0 amide bonds. The predicted molar refractivity (Wildman–Crippen MR) is 74.1 cm³/mol. The van der Waals surface area contributed by atoms with Gasteiger partial charge in [0.25, 0.3) is 0 Å². The number of furan rings is 1. The maximum atomic E-state index is 5.71. The quantitative estimate of drug-likeness (QED) is 0.893. The minimum absolute atomic E-state index is 0.578. The maximum Gasteiger partial charge on any atom is 0.122 e. The highest BCUT2D eigenvalue weighted by atomic mass is 16.3. The van der Waals surface area contributed by atoms with E-state index in [1.807, 2.05) is 6.07 Å². The van der Waals surface area contributed by atoms with Gasteiger partial charge in [-0.15, -0.1) is 0 Å². The van der Waals surface area contributed by atoms with Crippen LogP contribution in [0.4, 0.5) is 0 Å². The third-order valence-corrected chi connectivity index (χ3v) is 4.23. The molecule has 0 saturated carbocycles. The third-order valence-electron chi connectivity index (χ3n) is 4.23. The Morgan fingerprint density at radius 2 is 2.22 bits per heavy atom. The first-order valence-corrected chi connectivity index (χ1v) is 7.18. The summed E-state index contributed by atoms with van der Waals surface area (Å²) in [6, 6.07) is 1.99. The maximum absolute atomic E-state index is 5.71. The van der Waals surface area contributed by atoms with E-state index >= 15 is 0 Å². The zero-order valence-electron chi connectivity index (χ0n) is 11.7. The summed E-state index contributed by atoms with van der Waals surface area (Å²) >= 11 is 0. The number of hydrogen-bond acceptors (Lipinski definition) is 3. The van der Waals surface area contributed by atoms with Crippen LogP contribution in [0.15, 0.2) is 16.7 Å². The van der Waals surface area contributed by atoms with Crippen molar-refractivity contribution < 1.29 is 4.42 Å². The monoisotopic (exact) mass is 250 g/mol. The van der Waals surface area contributed by atoms with Crippen LogP contribution in [-0.2, 0) is 13.1 Å². The van der Waals surface area contributed by atoms with Gasteiger partial charge < -0.3 is 10.2 Å². The minimum atomic E-state index is 0.578. The molecular formula is C15H26N2O. The summed E-state index contributed by atoms with van der Waals surface area (Å²) in [5.41, 5.74) is 6.87. The fourth-order valence-corrected chi connectivity index (χ4v) is 2.90. The number of hydrogen-bond donors (Lipinski definition) is 1. The van der Waals surface area contributed by atoms with Crippen molar-refractivity contribution in [3.8, 4) is 0 Å². The van der Waals surface area contributed by atoms with Gasteiger partial charge in [0.15, 0.2) is 0 Å². The standard InChI is InChI=1S/C15H26N2O/c1-12(2)13-4-3-7-17(8-5-13)11-15-14(10-16)6-9-18-15/h6,9,12-13H,3-5,7-8,10-11,16H2,1-2H3. The van der Waals surface area contributed by atoms with E-state index in [9.17, 15) is 0 Å². The topological polar surface area (TPSA) is 42.4 Å². The zero-order valence-corrected chi connectivity index (χ0v) is 11.7.